The highest BCUT2D eigenvalue weighted by Crippen LogP contribution is 2.25. The van der Waals surface area contributed by atoms with Gasteiger partial charge in [-0.1, -0.05) is 29.8 Å². The standard InChI is InChI=1S/C11H14O2/c1-8-2-4-9(5-3-8)10-6-13-7-11(10)12/h2-5,10-12H,6-7H2,1H3. The normalized spacial score (nSPS) is 27.8. The van der Waals surface area contributed by atoms with Crippen LogP contribution < -0.4 is 0 Å². The van der Waals surface area contributed by atoms with Crippen molar-refractivity contribution in [1.29, 1.82) is 0 Å². The molecule has 13 heavy (non-hydrogen) atoms. The van der Waals surface area contributed by atoms with Gasteiger partial charge >= 0.3 is 0 Å². The van der Waals surface area contributed by atoms with Gasteiger partial charge in [-0.05, 0) is 12.5 Å². The molecule has 1 aliphatic rings. The molecule has 2 unspecified atom stereocenters. The molecular formula is C11H14O2. The summed E-state index contributed by atoms with van der Waals surface area (Å²) >= 11 is 0. The Labute approximate surface area is 78.2 Å². The van der Waals surface area contributed by atoms with E-state index in [1.54, 1.807) is 0 Å². The number of aliphatic hydroxyl groups excluding tert-OH is 1. The van der Waals surface area contributed by atoms with E-state index in [1.807, 2.05) is 0 Å². The van der Waals surface area contributed by atoms with E-state index in [4.69, 9.17) is 4.74 Å². The lowest BCUT2D eigenvalue weighted by Gasteiger charge is -2.12. The van der Waals surface area contributed by atoms with Crippen molar-refractivity contribution >= 4 is 0 Å². The molecule has 2 nitrogen and oxygen atoms in total. The average Bonchev–Trinajstić information content (AvgIpc) is 2.53. The Morgan fingerprint density at radius 1 is 1.23 bits per heavy atom. The molecule has 2 rings (SSSR count). The van der Waals surface area contributed by atoms with E-state index in [2.05, 4.69) is 31.2 Å². The zero-order valence-electron chi connectivity index (χ0n) is 7.73. The van der Waals surface area contributed by atoms with E-state index in [9.17, 15) is 5.11 Å². The lowest BCUT2D eigenvalue weighted by Crippen LogP contribution is -2.15. The molecule has 2 heteroatoms. The summed E-state index contributed by atoms with van der Waals surface area (Å²) in [5.41, 5.74) is 2.42. The van der Waals surface area contributed by atoms with E-state index >= 15 is 0 Å². The summed E-state index contributed by atoms with van der Waals surface area (Å²) in [4.78, 5) is 0. The van der Waals surface area contributed by atoms with Crippen molar-refractivity contribution in [2.75, 3.05) is 13.2 Å². The molecule has 0 aromatic heterocycles. The van der Waals surface area contributed by atoms with Crippen molar-refractivity contribution in [3.8, 4) is 0 Å². The van der Waals surface area contributed by atoms with Gasteiger partial charge in [-0.15, -0.1) is 0 Å². The molecule has 1 saturated heterocycles. The van der Waals surface area contributed by atoms with Crippen molar-refractivity contribution in [3.05, 3.63) is 35.4 Å². The largest absolute Gasteiger partial charge is 0.390 e. The van der Waals surface area contributed by atoms with E-state index in [0.29, 0.717) is 13.2 Å². The summed E-state index contributed by atoms with van der Waals surface area (Å²) in [6.45, 7) is 3.17. The molecule has 0 amide bonds. The maximum atomic E-state index is 9.59. The number of hydrogen-bond donors (Lipinski definition) is 1. The third-order valence-electron chi connectivity index (χ3n) is 2.56. The highest BCUT2D eigenvalue weighted by Gasteiger charge is 2.27. The monoisotopic (exact) mass is 178 g/mol. The highest BCUT2D eigenvalue weighted by atomic mass is 16.5. The molecule has 1 N–H and O–H groups in total. The minimum absolute atomic E-state index is 0.167. The molecule has 2 atom stereocenters. The first-order valence-electron chi connectivity index (χ1n) is 4.60. The molecule has 0 aliphatic carbocycles. The van der Waals surface area contributed by atoms with Crippen LogP contribution in [0.5, 0.6) is 0 Å². The summed E-state index contributed by atoms with van der Waals surface area (Å²) in [5, 5.41) is 9.59. The average molecular weight is 178 g/mol. The van der Waals surface area contributed by atoms with E-state index in [-0.39, 0.29) is 12.0 Å². The topological polar surface area (TPSA) is 29.5 Å². The van der Waals surface area contributed by atoms with Crippen LogP contribution in [-0.4, -0.2) is 24.4 Å². The molecule has 0 saturated carbocycles. The number of hydrogen-bond acceptors (Lipinski definition) is 2. The molecule has 1 aromatic carbocycles. The molecule has 1 aliphatic heterocycles. The van der Waals surface area contributed by atoms with Crippen molar-refractivity contribution in [2.24, 2.45) is 0 Å². The van der Waals surface area contributed by atoms with Crippen molar-refractivity contribution in [1.82, 2.24) is 0 Å². The van der Waals surface area contributed by atoms with Crippen LogP contribution in [-0.2, 0) is 4.74 Å². The van der Waals surface area contributed by atoms with Gasteiger partial charge in [0.25, 0.3) is 0 Å². The Morgan fingerprint density at radius 2 is 1.92 bits per heavy atom. The van der Waals surface area contributed by atoms with Gasteiger partial charge in [0.05, 0.1) is 19.3 Å². The van der Waals surface area contributed by atoms with Crippen LogP contribution in [0, 0.1) is 6.92 Å². The first-order chi connectivity index (χ1) is 6.27. The van der Waals surface area contributed by atoms with Crippen LogP contribution in [0.1, 0.15) is 17.0 Å². The number of aliphatic hydroxyl groups is 1. The third kappa shape index (κ3) is 1.74. The predicted molar refractivity (Wildman–Crippen MR) is 50.7 cm³/mol. The van der Waals surface area contributed by atoms with Gasteiger partial charge in [-0.3, -0.25) is 0 Å². The quantitative estimate of drug-likeness (QED) is 0.705. The van der Waals surface area contributed by atoms with Gasteiger partial charge < -0.3 is 9.84 Å². The van der Waals surface area contributed by atoms with Gasteiger partial charge in [-0.2, -0.15) is 0 Å². The Bertz CT molecular complexity index is 279. The molecule has 1 aromatic rings. The second kappa shape index (κ2) is 3.48. The zero-order chi connectivity index (χ0) is 9.26. The lowest BCUT2D eigenvalue weighted by atomic mass is 9.96. The fourth-order valence-corrected chi connectivity index (χ4v) is 1.68. The maximum absolute atomic E-state index is 9.59. The summed E-state index contributed by atoms with van der Waals surface area (Å²) < 4.78 is 5.20. The summed E-state index contributed by atoms with van der Waals surface area (Å²) in [5.74, 6) is 0.167. The van der Waals surface area contributed by atoms with E-state index in [0.717, 1.165) is 0 Å². The van der Waals surface area contributed by atoms with Crippen LogP contribution in [0.3, 0.4) is 0 Å². The molecule has 0 bridgehead atoms. The predicted octanol–water partition coefficient (Wildman–Crippen LogP) is 1.47. The van der Waals surface area contributed by atoms with Crippen LogP contribution in [0.25, 0.3) is 0 Å². The van der Waals surface area contributed by atoms with Crippen LogP contribution in [0.2, 0.25) is 0 Å². The third-order valence-corrected chi connectivity index (χ3v) is 2.56. The van der Waals surface area contributed by atoms with Crippen molar-refractivity contribution < 1.29 is 9.84 Å². The molecular weight excluding hydrogens is 164 g/mol. The first kappa shape index (κ1) is 8.73. The molecule has 1 fully saturated rings. The second-order valence-corrected chi connectivity index (χ2v) is 3.62. The van der Waals surface area contributed by atoms with Crippen LogP contribution in [0.4, 0.5) is 0 Å². The Balaban J connectivity index is 2.20. The number of ether oxygens (including phenoxy) is 1. The van der Waals surface area contributed by atoms with Gasteiger partial charge in [0.2, 0.25) is 0 Å². The number of aryl methyl sites for hydroxylation is 1. The lowest BCUT2D eigenvalue weighted by molar-refractivity contribution is 0.124. The van der Waals surface area contributed by atoms with Gasteiger partial charge in [-0.25, -0.2) is 0 Å². The molecule has 0 radical (unpaired) electrons. The minimum Gasteiger partial charge on any atom is -0.390 e. The van der Waals surface area contributed by atoms with Gasteiger partial charge in [0.15, 0.2) is 0 Å². The minimum atomic E-state index is -0.331. The summed E-state index contributed by atoms with van der Waals surface area (Å²) in [6, 6.07) is 8.27. The molecule has 70 valence electrons. The van der Waals surface area contributed by atoms with Gasteiger partial charge in [0, 0.05) is 5.92 Å². The Kier molecular flexibility index (Phi) is 2.34. The Hall–Kier alpha value is -0.860. The van der Waals surface area contributed by atoms with Crippen LogP contribution >= 0.6 is 0 Å². The zero-order valence-corrected chi connectivity index (χ0v) is 7.73. The summed E-state index contributed by atoms with van der Waals surface area (Å²) in [7, 11) is 0. The fraction of sp³-hybridized carbons (Fsp3) is 0.455. The van der Waals surface area contributed by atoms with Crippen molar-refractivity contribution in [2.45, 2.75) is 18.9 Å². The van der Waals surface area contributed by atoms with Gasteiger partial charge in [0.1, 0.15) is 0 Å². The Morgan fingerprint density at radius 3 is 2.46 bits per heavy atom. The highest BCUT2D eigenvalue weighted by molar-refractivity contribution is 5.26. The van der Waals surface area contributed by atoms with E-state index < -0.39 is 0 Å². The number of benzene rings is 1. The number of rotatable bonds is 1. The maximum Gasteiger partial charge on any atom is 0.0864 e. The smallest absolute Gasteiger partial charge is 0.0864 e. The SMILES string of the molecule is Cc1ccc(C2COCC2O)cc1. The van der Waals surface area contributed by atoms with Crippen LogP contribution in [0.15, 0.2) is 24.3 Å². The molecule has 1 heterocycles. The second-order valence-electron chi connectivity index (χ2n) is 3.62. The van der Waals surface area contributed by atoms with Crippen molar-refractivity contribution in [3.63, 3.8) is 0 Å². The first-order valence-corrected chi connectivity index (χ1v) is 4.60. The fourth-order valence-electron chi connectivity index (χ4n) is 1.68. The van der Waals surface area contributed by atoms with E-state index in [1.165, 1.54) is 11.1 Å². The summed E-state index contributed by atoms with van der Waals surface area (Å²) in [6.07, 6.45) is -0.331. The molecule has 0 spiro atoms.